The van der Waals surface area contributed by atoms with Crippen molar-refractivity contribution < 1.29 is 9.13 Å². The molecule has 5 nitrogen and oxygen atoms in total. The van der Waals surface area contributed by atoms with Crippen molar-refractivity contribution in [3.63, 3.8) is 0 Å². The normalized spacial score (nSPS) is 13.8. The second-order valence-electron chi connectivity index (χ2n) is 7.18. The minimum Gasteiger partial charge on any atom is -0.496 e. The van der Waals surface area contributed by atoms with Gasteiger partial charge in [0.15, 0.2) is 10.6 Å². The number of hydrogen-bond donors (Lipinski definition) is 0. The highest BCUT2D eigenvalue weighted by molar-refractivity contribution is 7.71. The number of halogens is 2. The molecule has 0 N–H and O–H groups in total. The molecule has 2 aromatic carbocycles. The summed E-state index contributed by atoms with van der Waals surface area (Å²) in [5, 5.41) is 5.19. The van der Waals surface area contributed by atoms with Crippen molar-refractivity contribution in [1.29, 1.82) is 0 Å². The van der Waals surface area contributed by atoms with Crippen LogP contribution in [0, 0.1) is 10.6 Å². The fraction of sp³-hybridized carbons (Fsp3) is 0.333. The molecule has 1 fully saturated rings. The Morgan fingerprint density at radius 3 is 2.69 bits per heavy atom. The van der Waals surface area contributed by atoms with E-state index in [2.05, 4.69) is 4.90 Å². The molecular formula is C21H22ClFN4OS. The number of hydrogen-bond acceptors (Lipinski definition) is 4. The largest absolute Gasteiger partial charge is 0.496 e. The molecule has 0 radical (unpaired) electrons. The van der Waals surface area contributed by atoms with E-state index in [1.54, 1.807) is 23.9 Å². The van der Waals surface area contributed by atoms with E-state index in [0.29, 0.717) is 34.6 Å². The minimum atomic E-state index is -0.289. The summed E-state index contributed by atoms with van der Waals surface area (Å²) in [6, 6.07) is 12.9. The van der Waals surface area contributed by atoms with Crippen LogP contribution in [0.25, 0.3) is 11.4 Å². The van der Waals surface area contributed by atoms with E-state index < -0.39 is 0 Å². The molecule has 0 aliphatic heterocycles. The van der Waals surface area contributed by atoms with E-state index in [1.165, 1.54) is 6.07 Å². The zero-order chi connectivity index (χ0) is 20.5. The Morgan fingerprint density at radius 2 is 2.00 bits per heavy atom. The third-order valence-corrected chi connectivity index (χ3v) is 6.03. The molecular weight excluding hydrogens is 411 g/mol. The first-order valence-corrected chi connectivity index (χ1v) is 10.2. The lowest BCUT2D eigenvalue weighted by molar-refractivity contribution is 0.184. The predicted octanol–water partition coefficient (Wildman–Crippen LogP) is 5.04. The molecule has 0 unspecified atom stereocenters. The average molecular weight is 433 g/mol. The van der Waals surface area contributed by atoms with Gasteiger partial charge in [0.05, 0.1) is 19.3 Å². The van der Waals surface area contributed by atoms with Crippen molar-refractivity contribution in [3.05, 3.63) is 63.6 Å². The van der Waals surface area contributed by atoms with Gasteiger partial charge < -0.3 is 9.30 Å². The van der Waals surface area contributed by atoms with Crippen LogP contribution in [0.1, 0.15) is 18.4 Å². The van der Waals surface area contributed by atoms with Crippen LogP contribution in [0.15, 0.2) is 42.5 Å². The topological polar surface area (TPSA) is 35.2 Å². The molecule has 1 heterocycles. The van der Waals surface area contributed by atoms with E-state index in [1.807, 2.05) is 35.9 Å². The van der Waals surface area contributed by atoms with Gasteiger partial charge in [0.2, 0.25) is 0 Å². The molecule has 152 valence electrons. The van der Waals surface area contributed by atoms with Crippen LogP contribution in [0.3, 0.4) is 0 Å². The lowest BCUT2D eigenvalue weighted by atomic mass is 10.2. The van der Waals surface area contributed by atoms with Crippen molar-refractivity contribution in [1.82, 2.24) is 19.2 Å². The van der Waals surface area contributed by atoms with Gasteiger partial charge >= 0.3 is 0 Å². The monoisotopic (exact) mass is 432 g/mol. The average Bonchev–Trinajstić information content (AvgIpc) is 3.53. The highest BCUT2D eigenvalue weighted by atomic mass is 35.5. The maximum atomic E-state index is 14.3. The lowest BCUT2D eigenvalue weighted by Crippen LogP contribution is -2.29. The molecule has 0 amide bonds. The lowest BCUT2D eigenvalue weighted by Gasteiger charge is -2.22. The van der Waals surface area contributed by atoms with Crippen LogP contribution < -0.4 is 4.74 Å². The summed E-state index contributed by atoms with van der Waals surface area (Å²) >= 11 is 11.9. The van der Waals surface area contributed by atoms with Crippen molar-refractivity contribution >= 4 is 23.8 Å². The number of para-hydroxylation sites is 1. The molecule has 1 aromatic heterocycles. The first-order valence-electron chi connectivity index (χ1n) is 9.43. The van der Waals surface area contributed by atoms with E-state index in [-0.39, 0.29) is 5.82 Å². The first-order chi connectivity index (χ1) is 14.0. The summed E-state index contributed by atoms with van der Waals surface area (Å²) in [5.74, 6) is 1.18. The molecule has 0 atom stereocenters. The molecule has 29 heavy (non-hydrogen) atoms. The Labute approximate surface area is 179 Å². The highest BCUT2D eigenvalue weighted by Gasteiger charge is 2.31. The van der Waals surface area contributed by atoms with E-state index in [4.69, 9.17) is 33.7 Å². The van der Waals surface area contributed by atoms with Gasteiger partial charge in [-0.25, -0.2) is 9.07 Å². The Bertz CT molecular complexity index is 1070. The van der Waals surface area contributed by atoms with Gasteiger partial charge in [-0.2, -0.15) is 5.10 Å². The molecule has 1 saturated carbocycles. The van der Waals surface area contributed by atoms with E-state index in [0.717, 1.165) is 30.0 Å². The molecule has 0 saturated heterocycles. The fourth-order valence-corrected chi connectivity index (χ4v) is 3.84. The number of aromatic nitrogens is 3. The maximum absolute atomic E-state index is 14.3. The molecule has 0 spiro atoms. The number of methoxy groups -OCH3 is 1. The quantitative estimate of drug-likeness (QED) is 0.490. The van der Waals surface area contributed by atoms with Gasteiger partial charge in [-0.3, -0.25) is 4.90 Å². The van der Waals surface area contributed by atoms with Crippen LogP contribution in [-0.4, -0.2) is 32.4 Å². The third-order valence-electron chi connectivity index (χ3n) is 5.19. The highest BCUT2D eigenvalue weighted by Crippen LogP contribution is 2.32. The Hall–Kier alpha value is -2.22. The van der Waals surface area contributed by atoms with Gasteiger partial charge in [0.25, 0.3) is 0 Å². The SMILES string of the molecule is COc1ccccc1-c1nn(CN(Cc2c(F)cccc2Cl)C2CC2)c(=S)n1C. The molecule has 8 heteroatoms. The Morgan fingerprint density at radius 1 is 1.24 bits per heavy atom. The van der Waals surface area contributed by atoms with Crippen molar-refractivity contribution in [2.45, 2.75) is 32.1 Å². The van der Waals surface area contributed by atoms with E-state index in [9.17, 15) is 4.39 Å². The van der Waals surface area contributed by atoms with Gasteiger partial charge in [-0.15, -0.1) is 0 Å². The molecule has 4 rings (SSSR count). The van der Waals surface area contributed by atoms with Crippen molar-refractivity contribution in [2.24, 2.45) is 7.05 Å². The number of rotatable bonds is 7. The third kappa shape index (κ3) is 4.08. The summed E-state index contributed by atoms with van der Waals surface area (Å²) in [6.45, 7) is 0.885. The summed E-state index contributed by atoms with van der Waals surface area (Å²) in [4.78, 5) is 2.18. The van der Waals surface area contributed by atoms with Crippen LogP contribution in [0.5, 0.6) is 5.75 Å². The molecule has 0 bridgehead atoms. The van der Waals surface area contributed by atoms with Crippen LogP contribution >= 0.6 is 23.8 Å². The summed E-state index contributed by atoms with van der Waals surface area (Å²) in [7, 11) is 3.53. The zero-order valence-corrected chi connectivity index (χ0v) is 17.9. The first kappa shape index (κ1) is 20.1. The van der Waals surface area contributed by atoms with Gasteiger partial charge in [0, 0.05) is 30.2 Å². The van der Waals surface area contributed by atoms with Crippen LogP contribution in [0.2, 0.25) is 5.02 Å². The molecule has 1 aliphatic carbocycles. The molecule has 3 aromatic rings. The number of ether oxygens (including phenoxy) is 1. The second kappa shape index (κ2) is 8.26. The Kier molecular flexibility index (Phi) is 5.72. The predicted molar refractivity (Wildman–Crippen MR) is 114 cm³/mol. The standard InChI is InChI=1S/C21H22ClFN4OS/c1-25-20(15-6-3-4-9-19(15)28-2)24-27(21(25)29)13-26(14-10-11-14)12-16-17(22)7-5-8-18(16)23/h3-9,14H,10-13H2,1-2H3. The van der Waals surface area contributed by atoms with Gasteiger partial charge in [0.1, 0.15) is 11.6 Å². The van der Waals surface area contributed by atoms with Crippen LogP contribution in [-0.2, 0) is 20.3 Å². The zero-order valence-electron chi connectivity index (χ0n) is 16.3. The smallest absolute Gasteiger partial charge is 0.199 e. The Balaban J connectivity index is 1.65. The second-order valence-corrected chi connectivity index (χ2v) is 7.96. The van der Waals surface area contributed by atoms with Crippen LogP contribution in [0.4, 0.5) is 4.39 Å². The number of benzene rings is 2. The number of nitrogens with zero attached hydrogens (tertiary/aromatic N) is 4. The van der Waals surface area contributed by atoms with Gasteiger partial charge in [-0.1, -0.05) is 29.8 Å². The van der Waals surface area contributed by atoms with Gasteiger partial charge in [-0.05, 0) is 49.3 Å². The minimum absolute atomic E-state index is 0.289. The summed E-state index contributed by atoms with van der Waals surface area (Å²) in [5.41, 5.74) is 1.38. The molecule has 1 aliphatic rings. The fourth-order valence-electron chi connectivity index (χ4n) is 3.44. The summed E-state index contributed by atoms with van der Waals surface area (Å²) < 4.78 is 24.0. The maximum Gasteiger partial charge on any atom is 0.199 e. The van der Waals surface area contributed by atoms with Crippen molar-refractivity contribution in [3.8, 4) is 17.1 Å². The summed E-state index contributed by atoms with van der Waals surface area (Å²) in [6.07, 6.45) is 2.15. The van der Waals surface area contributed by atoms with E-state index >= 15 is 0 Å². The van der Waals surface area contributed by atoms with Crippen molar-refractivity contribution in [2.75, 3.05) is 7.11 Å².